The summed E-state index contributed by atoms with van der Waals surface area (Å²) in [5.74, 6) is 1.98. The Labute approximate surface area is 163 Å². The number of benzene rings is 1. The van der Waals surface area contributed by atoms with Gasteiger partial charge in [0, 0.05) is 13.1 Å². The molecule has 140 valence electrons. The first-order valence-electron chi connectivity index (χ1n) is 8.50. The number of hydrogen-bond acceptors (Lipinski definition) is 4. The van der Waals surface area contributed by atoms with E-state index in [0.29, 0.717) is 24.0 Å². The van der Waals surface area contributed by atoms with E-state index >= 15 is 0 Å². The number of carbonyl (C=O) groups excluding carboxylic acids is 1. The lowest BCUT2D eigenvalue weighted by Gasteiger charge is -2.37. The number of rotatable bonds is 5. The monoisotopic (exact) mass is 432 g/mol. The maximum absolute atomic E-state index is 12.9. The zero-order chi connectivity index (χ0) is 17.2. The molecule has 2 fully saturated rings. The van der Waals surface area contributed by atoms with Crippen LogP contribution in [0.25, 0.3) is 0 Å². The van der Waals surface area contributed by atoms with E-state index in [1.54, 1.807) is 14.2 Å². The Morgan fingerprint density at radius 2 is 2.16 bits per heavy atom. The van der Waals surface area contributed by atoms with Crippen molar-refractivity contribution in [1.82, 2.24) is 10.6 Å². The van der Waals surface area contributed by atoms with Crippen LogP contribution in [0, 0.1) is 11.3 Å². The Morgan fingerprint density at radius 1 is 1.36 bits per heavy atom. The second-order valence-electron chi connectivity index (χ2n) is 6.73. The minimum atomic E-state index is -0.216. The minimum Gasteiger partial charge on any atom is -0.493 e. The summed E-state index contributed by atoms with van der Waals surface area (Å²) < 4.78 is 11.5. The van der Waals surface area contributed by atoms with E-state index in [-0.39, 0.29) is 23.7 Å². The number of carbonyl (C=O) groups is 1. The highest BCUT2D eigenvalue weighted by atomic mass is 79.9. The molecule has 1 saturated heterocycles. The van der Waals surface area contributed by atoms with Crippen LogP contribution in [0.3, 0.4) is 0 Å². The van der Waals surface area contributed by atoms with Gasteiger partial charge in [-0.2, -0.15) is 0 Å². The number of fused-ring (bicyclic) bond motifs is 1. The summed E-state index contributed by atoms with van der Waals surface area (Å²) in [7, 11) is 3.22. The number of methoxy groups -OCH3 is 2. The Hall–Kier alpha value is -0.980. The molecule has 1 aliphatic carbocycles. The number of nitrogens with one attached hydrogen (secondary N) is 2. The van der Waals surface area contributed by atoms with Gasteiger partial charge in [0.05, 0.1) is 24.1 Å². The van der Waals surface area contributed by atoms with E-state index < -0.39 is 0 Å². The van der Waals surface area contributed by atoms with Gasteiger partial charge < -0.3 is 20.1 Å². The molecule has 1 aliphatic heterocycles. The van der Waals surface area contributed by atoms with Gasteiger partial charge in [-0.3, -0.25) is 4.79 Å². The van der Waals surface area contributed by atoms with Crippen molar-refractivity contribution in [2.24, 2.45) is 11.3 Å². The fourth-order valence-corrected chi connectivity index (χ4v) is 4.77. The van der Waals surface area contributed by atoms with Crippen molar-refractivity contribution in [2.75, 3.05) is 27.3 Å². The first kappa shape index (κ1) is 20.3. The van der Waals surface area contributed by atoms with Crippen LogP contribution in [0.5, 0.6) is 11.5 Å². The van der Waals surface area contributed by atoms with Crippen molar-refractivity contribution in [3.8, 4) is 11.5 Å². The zero-order valence-corrected chi connectivity index (χ0v) is 17.1. The second kappa shape index (κ2) is 8.60. The van der Waals surface area contributed by atoms with E-state index in [1.165, 1.54) is 6.42 Å². The Balaban J connectivity index is 0.00000225. The number of ether oxygens (including phenoxy) is 2. The summed E-state index contributed by atoms with van der Waals surface area (Å²) in [6.07, 6.45) is 4.53. The van der Waals surface area contributed by atoms with Gasteiger partial charge in [0.15, 0.2) is 11.5 Å². The Bertz CT molecular complexity index is 629. The van der Waals surface area contributed by atoms with Gasteiger partial charge in [0.2, 0.25) is 5.91 Å². The van der Waals surface area contributed by atoms with Crippen LogP contribution < -0.4 is 20.1 Å². The standard InChI is InChI=1S/C18H25BrN2O3.ClH/c1-23-15-8-12(7-14(19)16(15)24-2)9-21-17(22)18-6-4-3-5-13(18)10-20-11-18;/h7-8,13,20H,3-6,9-11H2,1-2H3,(H,21,22);1H/t13-,18+;/m0./s1. The molecule has 3 rings (SSSR count). The molecule has 1 aromatic carbocycles. The number of amides is 1. The largest absolute Gasteiger partial charge is 0.493 e. The molecule has 5 nitrogen and oxygen atoms in total. The first-order chi connectivity index (χ1) is 11.6. The molecule has 2 N–H and O–H groups in total. The third-order valence-electron chi connectivity index (χ3n) is 5.44. The molecular formula is C18H26BrClN2O3. The lowest BCUT2D eigenvalue weighted by Crippen LogP contribution is -2.47. The third kappa shape index (κ3) is 3.91. The van der Waals surface area contributed by atoms with Gasteiger partial charge >= 0.3 is 0 Å². The zero-order valence-electron chi connectivity index (χ0n) is 14.7. The second-order valence-corrected chi connectivity index (χ2v) is 7.58. The van der Waals surface area contributed by atoms with Crippen LogP contribution in [-0.2, 0) is 11.3 Å². The molecule has 2 atom stereocenters. The molecule has 0 spiro atoms. The SMILES string of the molecule is COc1cc(CNC(=O)[C@@]23CCCC[C@H]2CNC3)cc(Br)c1OC.Cl. The van der Waals surface area contributed by atoms with Crippen molar-refractivity contribution < 1.29 is 14.3 Å². The predicted octanol–water partition coefficient (Wildman–Crippen LogP) is 3.28. The number of halogens is 2. The molecule has 0 bridgehead atoms. The Morgan fingerprint density at radius 3 is 2.88 bits per heavy atom. The van der Waals surface area contributed by atoms with Crippen LogP contribution in [0.1, 0.15) is 31.2 Å². The van der Waals surface area contributed by atoms with E-state index in [9.17, 15) is 4.79 Å². The summed E-state index contributed by atoms with van der Waals surface area (Å²) >= 11 is 3.50. The highest BCUT2D eigenvalue weighted by Crippen LogP contribution is 2.44. The molecule has 2 aliphatic rings. The van der Waals surface area contributed by atoms with Crippen molar-refractivity contribution in [3.05, 3.63) is 22.2 Å². The molecule has 0 radical (unpaired) electrons. The van der Waals surface area contributed by atoms with Crippen LogP contribution >= 0.6 is 28.3 Å². The molecule has 0 aromatic heterocycles. The summed E-state index contributed by atoms with van der Waals surface area (Å²) in [4.78, 5) is 12.9. The summed E-state index contributed by atoms with van der Waals surface area (Å²) in [6, 6.07) is 3.87. The van der Waals surface area contributed by atoms with Crippen LogP contribution in [-0.4, -0.2) is 33.2 Å². The molecular weight excluding hydrogens is 408 g/mol. The first-order valence-corrected chi connectivity index (χ1v) is 9.29. The van der Waals surface area contributed by atoms with Crippen molar-refractivity contribution in [1.29, 1.82) is 0 Å². The average molecular weight is 434 g/mol. The van der Waals surface area contributed by atoms with Crippen LogP contribution in [0.4, 0.5) is 0 Å². The van der Waals surface area contributed by atoms with Gasteiger partial charge in [0.25, 0.3) is 0 Å². The molecule has 0 unspecified atom stereocenters. The van der Waals surface area contributed by atoms with Gasteiger partial charge in [-0.25, -0.2) is 0 Å². The van der Waals surface area contributed by atoms with E-state index in [4.69, 9.17) is 9.47 Å². The van der Waals surface area contributed by atoms with Gasteiger partial charge in [-0.1, -0.05) is 12.8 Å². The topological polar surface area (TPSA) is 59.6 Å². The maximum atomic E-state index is 12.9. The van der Waals surface area contributed by atoms with Crippen LogP contribution in [0.15, 0.2) is 16.6 Å². The quantitative estimate of drug-likeness (QED) is 0.748. The highest BCUT2D eigenvalue weighted by Gasteiger charge is 2.49. The normalized spacial score (nSPS) is 24.8. The van der Waals surface area contributed by atoms with Gasteiger partial charge in [0.1, 0.15) is 0 Å². The highest BCUT2D eigenvalue weighted by molar-refractivity contribution is 9.10. The van der Waals surface area contributed by atoms with Crippen molar-refractivity contribution in [2.45, 2.75) is 32.2 Å². The van der Waals surface area contributed by atoms with Gasteiger partial charge in [-0.05, 0) is 58.9 Å². The van der Waals surface area contributed by atoms with Gasteiger partial charge in [-0.15, -0.1) is 12.4 Å². The summed E-state index contributed by atoms with van der Waals surface area (Å²) in [5.41, 5.74) is 0.772. The smallest absolute Gasteiger partial charge is 0.228 e. The van der Waals surface area contributed by atoms with E-state index in [0.717, 1.165) is 42.4 Å². The predicted molar refractivity (Wildman–Crippen MR) is 104 cm³/mol. The fraction of sp³-hybridized carbons (Fsp3) is 0.611. The van der Waals surface area contributed by atoms with E-state index in [1.807, 2.05) is 12.1 Å². The maximum Gasteiger partial charge on any atom is 0.228 e. The minimum absolute atomic E-state index is 0. The Kier molecular flexibility index (Phi) is 7.00. The molecule has 1 heterocycles. The summed E-state index contributed by atoms with van der Waals surface area (Å²) in [6.45, 7) is 2.26. The van der Waals surface area contributed by atoms with E-state index in [2.05, 4.69) is 26.6 Å². The third-order valence-corrected chi connectivity index (χ3v) is 6.03. The van der Waals surface area contributed by atoms with Crippen molar-refractivity contribution in [3.63, 3.8) is 0 Å². The lowest BCUT2D eigenvalue weighted by atomic mass is 9.67. The lowest BCUT2D eigenvalue weighted by molar-refractivity contribution is -0.134. The fourth-order valence-electron chi connectivity index (χ4n) is 4.12. The molecule has 25 heavy (non-hydrogen) atoms. The van der Waals surface area contributed by atoms with Crippen LogP contribution in [0.2, 0.25) is 0 Å². The molecule has 1 aromatic rings. The summed E-state index contributed by atoms with van der Waals surface area (Å²) in [5, 5.41) is 6.57. The number of hydrogen-bond donors (Lipinski definition) is 2. The molecule has 1 saturated carbocycles. The molecule has 7 heteroatoms. The molecule has 1 amide bonds. The average Bonchev–Trinajstić information content (AvgIpc) is 3.04. The van der Waals surface area contributed by atoms with Crippen molar-refractivity contribution >= 4 is 34.2 Å².